The topological polar surface area (TPSA) is 98.5 Å². The first-order valence-corrected chi connectivity index (χ1v) is 8.08. The van der Waals surface area contributed by atoms with Crippen molar-refractivity contribution in [3.05, 3.63) is 64.2 Å². The highest BCUT2D eigenvalue weighted by Gasteiger charge is 2.21. The number of para-hydroxylation sites is 1. The Hall–Kier alpha value is -2.87. The Morgan fingerprint density at radius 3 is 2.67 bits per heavy atom. The molecule has 7 nitrogen and oxygen atoms in total. The smallest absolute Gasteiger partial charge is 0.345 e. The first-order chi connectivity index (χ1) is 11.5. The fourth-order valence-electron chi connectivity index (χ4n) is 1.91. The molecule has 0 atom stereocenters. The molecule has 0 bridgehead atoms. The summed E-state index contributed by atoms with van der Waals surface area (Å²) in [5.41, 5.74) is 0.0175. The lowest BCUT2D eigenvalue weighted by molar-refractivity contribution is -0.385. The molecule has 2 aromatic rings. The van der Waals surface area contributed by atoms with E-state index in [-0.39, 0.29) is 11.3 Å². The minimum atomic E-state index is -0.921. The van der Waals surface area contributed by atoms with E-state index in [0.29, 0.717) is 5.69 Å². The third-order valence-corrected chi connectivity index (χ3v) is 3.73. The minimum Gasteiger partial charge on any atom is -0.452 e. The van der Waals surface area contributed by atoms with Crippen molar-refractivity contribution >= 4 is 35.0 Å². The van der Waals surface area contributed by atoms with Crippen LogP contribution in [0.5, 0.6) is 0 Å². The zero-order valence-electron chi connectivity index (χ0n) is 12.7. The van der Waals surface area contributed by atoms with E-state index in [9.17, 15) is 19.7 Å². The van der Waals surface area contributed by atoms with Gasteiger partial charge in [0, 0.05) is 16.6 Å². The molecule has 0 fully saturated rings. The Kier molecular flexibility index (Phi) is 5.91. The van der Waals surface area contributed by atoms with Gasteiger partial charge in [0.05, 0.1) is 4.92 Å². The Morgan fingerprint density at radius 2 is 1.96 bits per heavy atom. The monoisotopic (exact) mass is 346 g/mol. The maximum Gasteiger partial charge on any atom is 0.345 e. The average molecular weight is 346 g/mol. The molecule has 1 N–H and O–H groups in total. The number of hydrogen-bond donors (Lipinski definition) is 1. The van der Waals surface area contributed by atoms with Crippen LogP contribution in [0.25, 0.3) is 0 Å². The van der Waals surface area contributed by atoms with Crippen LogP contribution in [0.2, 0.25) is 0 Å². The van der Waals surface area contributed by atoms with Crippen LogP contribution in [0.1, 0.15) is 10.4 Å². The number of rotatable bonds is 6. The molecule has 0 spiro atoms. The molecule has 2 aromatic carbocycles. The van der Waals surface area contributed by atoms with E-state index in [2.05, 4.69) is 5.32 Å². The molecular formula is C16H14N2O5S. The summed E-state index contributed by atoms with van der Waals surface area (Å²) < 4.78 is 4.85. The number of anilines is 1. The number of nitrogens with zero attached hydrogens (tertiary/aromatic N) is 1. The lowest BCUT2D eigenvalue weighted by Crippen LogP contribution is -2.21. The van der Waals surface area contributed by atoms with Crippen LogP contribution in [-0.4, -0.2) is 29.7 Å². The highest BCUT2D eigenvalue weighted by Crippen LogP contribution is 2.20. The second-order valence-corrected chi connectivity index (χ2v) is 5.51. The van der Waals surface area contributed by atoms with Gasteiger partial charge in [-0.05, 0) is 30.5 Å². The third-order valence-electron chi connectivity index (χ3n) is 3.01. The number of benzene rings is 2. The normalized spacial score (nSPS) is 10.0. The van der Waals surface area contributed by atoms with Crippen molar-refractivity contribution in [3.8, 4) is 0 Å². The zero-order valence-corrected chi connectivity index (χ0v) is 13.5. The van der Waals surface area contributed by atoms with Gasteiger partial charge in [0.2, 0.25) is 0 Å². The van der Waals surface area contributed by atoms with Crippen LogP contribution in [0.15, 0.2) is 53.4 Å². The molecule has 8 heteroatoms. The molecule has 2 rings (SSSR count). The molecule has 0 saturated carbocycles. The Morgan fingerprint density at radius 1 is 1.21 bits per heavy atom. The minimum absolute atomic E-state index is 0.195. The van der Waals surface area contributed by atoms with E-state index in [1.54, 1.807) is 18.2 Å². The molecule has 0 radical (unpaired) electrons. The summed E-state index contributed by atoms with van der Waals surface area (Å²) in [6.45, 7) is -0.533. The van der Waals surface area contributed by atoms with Crippen LogP contribution in [-0.2, 0) is 9.53 Å². The summed E-state index contributed by atoms with van der Waals surface area (Å²) in [6.07, 6.45) is 1.91. The lowest BCUT2D eigenvalue weighted by atomic mass is 10.2. The predicted molar refractivity (Wildman–Crippen MR) is 90.2 cm³/mol. The van der Waals surface area contributed by atoms with E-state index in [1.807, 2.05) is 12.3 Å². The highest BCUT2D eigenvalue weighted by molar-refractivity contribution is 7.98. The van der Waals surface area contributed by atoms with Crippen molar-refractivity contribution in [1.29, 1.82) is 0 Å². The summed E-state index contributed by atoms with van der Waals surface area (Å²) in [7, 11) is 0. The van der Waals surface area contributed by atoms with Crippen LogP contribution in [0.3, 0.4) is 0 Å². The summed E-state index contributed by atoms with van der Waals surface area (Å²) in [5.74, 6) is -1.45. The number of nitrogens with one attached hydrogen (secondary N) is 1. The molecule has 0 aromatic heterocycles. The number of nitro benzene ring substituents is 1. The molecule has 0 aliphatic rings. The molecule has 124 valence electrons. The molecule has 1 amide bonds. The number of amides is 1. The quantitative estimate of drug-likeness (QED) is 0.373. The Balaban J connectivity index is 1.96. The predicted octanol–water partition coefficient (Wildman–Crippen LogP) is 3.11. The number of nitro groups is 1. The number of hydrogen-bond acceptors (Lipinski definition) is 6. The average Bonchev–Trinajstić information content (AvgIpc) is 2.59. The van der Waals surface area contributed by atoms with Gasteiger partial charge in [-0.1, -0.05) is 18.2 Å². The van der Waals surface area contributed by atoms with Gasteiger partial charge in [0.15, 0.2) is 6.61 Å². The molecule has 0 aliphatic carbocycles. The van der Waals surface area contributed by atoms with E-state index in [4.69, 9.17) is 4.74 Å². The van der Waals surface area contributed by atoms with Gasteiger partial charge in [-0.15, -0.1) is 11.8 Å². The van der Waals surface area contributed by atoms with Gasteiger partial charge in [-0.3, -0.25) is 14.9 Å². The second-order valence-electron chi connectivity index (χ2n) is 4.63. The van der Waals surface area contributed by atoms with Crippen LogP contribution < -0.4 is 5.32 Å². The van der Waals surface area contributed by atoms with Crippen LogP contribution >= 0.6 is 11.8 Å². The highest BCUT2D eigenvalue weighted by atomic mass is 32.2. The number of thioether (sulfide) groups is 1. The number of carbonyl (C=O) groups is 2. The first kappa shape index (κ1) is 17.5. The van der Waals surface area contributed by atoms with Crippen molar-refractivity contribution in [2.75, 3.05) is 18.2 Å². The summed E-state index contributed by atoms with van der Waals surface area (Å²) >= 11 is 1.53. The second kappa shape index (κ2) is 8.11. The van der Waals surface area contributed by atoms with Crippen LogP contribution in [0.4, 0.5) is 11.4 Å². The van der Waals surface area contributed by atoms with Crippen molar-refractivity contribution in [1.82, 2.24) is 0 Å². The van der Waals surface area contributed by atoms with Crippen molar-refractivity contribution in [2.24, 2.45) is 0 Å². The van der Waals surface area contributed by atoms with Gasteiger partial charge in [0.1, 0.15) is 5.56 Å². The molecule has 0 aliphatic heterocycles. The fraction of sp³-hybridized carbons (Fsp3) is 0.125. The molecular weight excluding hydrogens is 332 g/mol. The summed E-state index contributed by atoms with van der Waals surface area (Å²) in [6, 6.07) is 12.6. The Labute approximate surface area is 142 Å². The number of ether oxygens (including phenoxy) is 1. The molecule has 0 unspecified atom stereocenters. The van der Waals surface area contributed by atoms with Crippen molar-refractivity contribution < 1.29 is 19.2 Å². The summed E-state index contributed by atoms with van der Waals surface area (Å²) in [5, 5.41) is 13.5. The van der Waals surface area contributed by atoms with Crippen LogP contribution in [0, 0.1) is 10.1 Å². The standard InChI is InChI=1S/C16H14N2O5S/c1-24-12-6-4-5-11(9-12)17-15(19)10-23-16(20)13-7-2-3-8-14(13)18(21)22/h2-9H,10H2,1H3,(H,17,19). The number of esters is 1. The third kappa shape index (κ3) is 4.56. The maximum absolute atomic E-state index is 11.9. The van der Waals surface area contributed by atoms with Gasteiger partial charge in [-0.2, -0.15) is 0 Å². The molecule has 0 saturated heterocycles. The van der Waals surface area contributed by atoms with E-state index in [1.165, 1.54) is 36.0 Å². The lowest BCUT2D eigenvalue weighted by Gasteiger charge is -2.07. The van der Waals surface area contributed by atoms with Crippen molar-refractivity contribution in [2.45, 2.75) is 4.90 Å². The zero-order chi connectivity index (χ0) is 17.5. The van der Waals surface area contributed by atoms with Gasteiger partial charge in [0.25, 0.3) is 11.6 Å². The van der Waals surface area contributed by atoms with Gasteiger partial charge in [-0.25, -0.2) is 4.79 Å². The molecule has 24 heavy (non-hydrogen) atoms. The SMILES string of the molecule is CSc1cccc(NC(=O)COC(=O)c2ccccc2[N+](=O)[O-])c1. The number of carbonyl (C=O) groups excluding carboxylic acids is 2. The largest absolute Gasteiger partial charge is 0.452 e. The van der Waals surface area contributed by atoms with Gasteiger partial charge < -0.3 is 10.1 Å². The summed E-state index contributed by atoms with van der Waals surface area (Å²) in [4.78, 5) is 34.9. The molecule has 0 heterocycles. The van der Waals surface area contributed by atoms with Crippen molar-refractivity contribution in [3.63, 3.8) is 0 Å². The maximum atomic E-state index is 11.9. The van der Waals surface area contributed by atoms with E-state index < -0.39 is 23.4 Å². The first-order valence-electron chi connectivity index (χ1n) is 6.85. The van der Waals surface area contributed by atoms with E-state index >= 15 is 0 Å². The fourth-order valence-corrected chi connectivity index (χ4v) is 2.37. The Bertz CT molecular complexity index is 779. The van der Waals surface area contributed by atoms with E-state index in [0.717, 1.165) is 4.90 Å². The van der Waals surface area contributed by atoms with Gasteiger partial charge >= 0.3 is 5.97 Å².